The van der Waals surface area contributed by atoms with E-state index in [9.17, 15) is 9.18 Å². The SMILES string of the molecule is CNC1CCC(N(C)C(=O)c2cc(C)ccc2F)CC1. The van der Waals surface area contributed by atoms with Crippen LogP contribution < -0.4 is 5.32 Å². The van der Waals surface area contributed by atoms with Crippen molar-refractivity contribution in [3.05, 3.63) is 35.1 Å². The molecule has 0 aliphatic heterocycles. The quantitative estimate of drug-likeness (QED) is 0.922. The molecule has 0 saturated heterocycles. The third-order valence-electron chi connectivity index (χ3n) is 4.33. The molecule has 1 aromatic carbocycles. The van der Waals surface area contributed by atoms with E-state index in [0.29, 0.717) is 6.04 Å². The zero-order valence-electron chi connectivity index (χ0n) is 12.4. The van der Waals surface area contributed by atoms with Crippen molar-refractivity contribution in [2.75, 3.05) is 14.1 Å². The van der Waals surface area contributed by atoms with Gasteiger partial charge in [0.15, 0.2) is 0 Å². The monoisotopic (exact) mass is 278 g/mol. The summed E-state index contributed by atoms with van der Waals surface area (Å²) in [6.45, 7) is 1.87. The molecule has 4 heteroatoms. The van der Waals surface area contributed by atoms with Gasteiger partial charge in [-0.1, -0.05) is 11.6 Å². The highest BCUT2D eigenvalue weighted by Gasteiger charge is 2.27. The van der Waals surface area contributed by atoms with Gasteiger partial charge in [-0.2, -0.15) is 0 Å². The molecule has 1 fully saturated rings. The number of hydrogen-bond donors (Lipinski definition) is 1. The largest absolute Gasteiger partial charge is 0.339 e. The van der Waals surface area contributed by atoms with E-state index in [-0.39, 0.29) is 17.5 Å². The highest BCUT2D eigenvalue weighted by atomic mass is 19.1. The van der Waals surface area contributed by atoms with E-state index in [4.69, 9.17) is 0 Å². The maximum absolute atomic E-state index is 13.8. The molecule has 110 valence electrons. The number of rotatable bonds is 3. The summed E-state index contributed by atoms with van der Waals surface area (Å²) in [6.07, 6.45) is 4.08. The number of hydrogen-bond acceptors (Lipinski definition) is 2. The molecule has 0 spiro atoms. The average molecular weight is 278 g/mol. The number of carbonyl (C=O) groups is 1. The Morgan fingerprint density at radius 1 is 1.30 bits per heavy atom. The van der Waals surface area contributed by atoms with Crippen molar-refractivity contribution in [2.24, 2.45) is 0 Å². The first kappa shape index (κ1) is 15.0. The van der Waals surface area contributed by atoms with Crippen molar-refractivity contribution in [2.45, 2.75) is 44.7 Å². The van der Waals surface area contributed by atoms with Crippen LogP contribution in [0.3, 0.4) is 0 Å². The molecule has 20 heavy (non-hydrogen) atoms. The summed E-state index contributed by atoms with van der Waals surface area (Å²) in [5, 5.41) is 3.28. The molecule has 1 amide bonds. The molecule has 0 heterocycles. The van der Waals surface area contributed by atoms with Crippen molar-refractivity contribution in [3.8, 4) is 0 Å². The maximum atomic E-state index is 13.8. The molecule has 0 atom stereocenters. The fourth-order valence-corrected chi connectivity index (χ4v) is 2.91. The number of carbonyl (C=O) groups excluding carboxylic acids is 1. The molecule has 2 rings (SSSR count). The zero-order chi connectivity index (χ0) is 14.7. The van der Waals surface area contributed by atoms with Crippen molar-refractivity contribution in [3.63, 3.8) is 0 Å². The first-order valence-electron chi connectivity index (χ1n) is 7.23. The number of amides is 1. The Balaban J connectivity index is 2.07. The van der Waals surface area contributed by atoms with Crippen LogP contribution >= 0.6 is 0 Å². The van der Waals surface area contributed by atoms with Crippen molar-refractivity contribution >= 4 is 5.91 Å². The van der Waals surface area contributed by atoms with Gasteiger partial charge >= 0.3 is 0 Å². The van der Waals surface area contributed by atoms with E-state index in [1.807, 2.05) is 14.0 Å². The van der Waals surface area contributed by atoms with Crippen LogP contribution in [0, 0.1) is 12.7 Å². The van der Waals surface area contributed by atoms with Crippen LogP contribution in [0.5, 0.6) is 0 Å². The number of aryl methyl sites for hydroxylation is 1. The van der Waals surface area contributed by atoms with Gasteiger partial charge in [-0.15, -0.1) is 0 Å². The fraction of sp³-hybridized carbons (Fsp3) is 0.562. The molecule has 1 aromatic rings. The Kier molecular flexibility index (Phi) is 4.76. The minimum absolute atomic E-state index is 0.184. The van der Waals surface area contributed by atoms with Crippen LogP contribution in [0.1, 0.15) is 41.6 Å². The molecule has 1 aliphatic carbocycles. The van der Waals surface area contributed by atoms with Gasteiger partial charge in [-0.05, 0) is 51.8 Å². The molecule has 1 N–H and O–H groups in total. The van der Waals surface area contributed by atoms with Gasteiger partial charge < -0.3 is 10.2 Å². The molecule has 0 aromatic heterocycles. The van der Waals surface area contributed by atoms with Crippen LogP contribution in [0.4, 0.5) is 4.39 Å². The summed E-state index contributed by atoms with van der Waals surface area (Å²) >= 11 is 0. The summed E-state index contributed by atoms with van der Waals surface area (Å²) in [4.78, 5) is 14.2. The molecule has 1 aliphatic rings. The number of nitrogens with zero attached hydrogens (tertiary/aromatic N) is 1. The van der Waals surface area contributed by atoms with E-state index in [1.165, 1.54) is 6.07 Å². The lowest BCUT2D eigenvalue weighted by Crippen LogP contribution is -2.42. The molecule has 0 unspecified atom stereocenters. The third kappa shape index (κ3) is 3.18. The average Bonchev–Trinajstić information content (AvgIpc) is 2.48. The summed E-state index contributed by atoms with van der Waals surface area (Å²) in [5.41, 5.74) is 1.09. The maximum Gasteiger partial charge on any atom is 0.256 e. The van der Waals surface area contributed by atoms with Gasteiger partial charge in [-0.3, -0.25) is 4.79 Å². The summed E-state index contributed by atoms with van der Waals surface area (Å²) in [7, 11) is 3.76. The minimum atomic E-state index is -0.434. The minimum Gasteiger partial charge on any atom is -0.339 e. The normalized spacial score (nSPS) is 22.6. The Hall–Kier alpha value is -1.42. The van der Waals surface area contributed by atoms with Gasteiger partial charge in [0.2, 0.25) is 0 Å². The molecule has 3 nitrogen and oxygen atoms in total. The van der Waals surface area contributed by atoms with Crippen LogP contribution in [0.15, 0.2) is 18.2 Å². The van der Waals surface area contributed by atoms with Gasteiger partial charge in [0.25, 0.3) is 5.91 Å². The first-order chi connectivity index (χ1) is 9.52. The Morgan fingerprint density at radius 3 is 2.55 bits per heavy atom. The highest BCUT2D eigenvalue weighted by molar-refractivity contribution is 5.94. The van der Waals surface area contributed by atoms with Gasteiger partial charge in [0, 0.05) is 19.1 Å². The lowest BCUT2D eigenvalue weighted by molar-refractivity contribution is 0.0681. The molecular formula is C16H23FN2O. The second-order valence-electron chi connectivity index (χ2n) is 5.69. The Morgan fingerprint density at radius 2 is 1.95 bits per heavy atom. The summed E-state index contributed by atoms with van der Waals surface area (Å²) in [5.74, 6) is -0.643. The van der Waals surface area contributed by atoms with E-state index in [1.54, 1.807) is 24.1 Å². The second-order valence-corrected chi connectivity index (χ2v) is 5.69. The molecule has 0 radical (unpaired) electrons. The van der Waals surface area contributed by atoms with E-state index in [0.717, 1.165) is 31.2 Å². The van der Waals surface area contributed by atoms with Gasteiger partial charge in [0.1, 0.15) is 5.82 Å². The lowest BCUT2D eigenvalue weighted by Gasteiger charge is -2.34. The predicted molar refractivity (Wildman–Crippen MR) is 78.3 cm³/mol. The second kappa shape index (κ2) is 6.35. The van der Waals surface area contributed by atoms with Crippen molar-refractivity contribution in [1.82, 2.24) is 10.2 Å². The first-order valence-corrected chi connectivity index (χ1v) is 7.23. The molecular weight excluding hydrogens is 255 g/mol. The lowest BCUT2D eigenvalue weighted by atomic mass is 9.90. The Labute approximate surface area is 120 Å². The molecule has 1 saturated carbocycles. The summed E-state index contributed by atoms with van der Waals surface area (Å²) in [6, 6.07) is 5.45. The number of benzene rings is 1. The van der Waals surface area contributed by atoms with Gasteiger partial charge in [-0.25, -0.2) is 4.39 Å². The number of nitrogens with one attached hydrogen (secondary N) is 1. The summed E-state index contributed by atoms with van der Waals surface area (Å²) < 4.78 is 13.8. The fourth-order valence-electron chi connectivity index (χ4n) is 2.91. The van der Waals surface area contributed by atoms with Gasteiger partial charge in [0.05, 0.1) is 5.56 Å². The van der Waals surface area contributed by atoms with Crippen LogP contribution in [0.25, 0.3) is 0 Å². The van der Waals surface area contributed by atoms with Crippen molar-refractivity contribution < 1.29 is 9.18 Å². The topological polar surface area (TPSA) is 32.3 Å². The third-order valence-corrected chi connectivity index (χ3v) is 4.33. The standard InChI is InChI=1S/C16H23FN2O/c1-11-4-9-15(17)14(10-11)16(20)19(3)13-7-5-12(18-2)6-8-13/h4,9-10,12-13,18H,5-8H2,1-3H3. The van der Waals surface area contributed by atoms with Crippen LogP contribution in [-0.4, -0.2) is 37.0 Å². The van der Waals surface area contributed by atoms with E-state index >= 15 is 0 Å². The van der Waals surface area contributed by atoms with Crippen LogP contribution in [0.2, 0.25) is 0 Å². The Bertz CT molecular complexity index is 481. The van der Waals surface area contributed by atoms with E-state index < -0.39 is 5.82 Å². The number of halogens is 1. The smallest absolute Gasteiger partial charge is 0.256 e. The highest BCUT2D eigenvalue weighted by Crippen LogP contribution is 2.24. The van der Waals surface area contributed by atoms with Crippen molar-refractivity contribution in [1.29, 1.82) is 0 Å². The van der Waals surface area contributed by atoms with Crippen LogP contribution in [-0.2, 0) is 0 Å². The predicted octanol–water partition coefficient (Wildman–Crippen LogP) is 2.74. The van der Waals surface area contributed by atoms with E-state index in [2.05, 4.69) is 5.32 Å². The molecule has 0 bridgehead atoms. The zero-order valence-corrected chi connectivity index (χ0v) is 12.4.